The molecule has 0 aliphatic heterocycles. The smallest absolute Gasteiger partial charge is 0.271 e. The van der Waals surface area contributed by atoms with Gasteiger partial charge in [-0.1, -0.05) is 12.1 Å². The van der Waals surface area contributed by atoms with Gasteiger partial charge in [0.2, 0.25) is 0 Å². The van der Waals surface area contributed by atoms with Crippen molar-refractivity contribution in [3.63, 3.8) is 0 Å². The van der Waals surface area contributed by atoms with Crippen molar-refractivity contribution in [2.75, 3.05) is 7.11 Å². The summed E-state index contributed by atoms with van der Waals surface area (Å²) in [5.41, 5.74) is 1.89. The number of fused-ring (bicyclic) bond motifs is 1. The van der Waals surface area contributed by atoms with E-state index in [0.717, 1.165) is 29.0 Å². The van der Waals surface area contributed by atoms with E-state index in [1.54, 1.807) is 18.0 Å². The zero-order valence-corrected chi connectivity index (χ0v) is 15.4. The van der Waals surface area contributed by atoms with Crippen LogP contribution in [0.15, 0.2) is 35.4 Å². The number of thiophene rings is 1. The van der Waals surface area contributed by atoms with Gasteiger partial charge in [0.25, 0.3) is 11.5 Å². The minimum atomic E-state index is -0.215. The minimum Gasteiger partial charge on any atom is -0.497 e. The van der Waals surface area contributed by atoms with Crippen molar-refractivity contribution < 1.29 is 9.53 Å². The molecule has 1 saturated carbocycles. The van der Waals surface area contributed by atoms with Gasteiger partial charge in [0, 0.05) is 17.5 Å². The Labute approximate surface area is 154 Å². The maximum absolute atomic E-state index is 12.7. The van der Waals surface area contributed by atoms with Crippen LogP contribution in [0.5, 0.6) is 5.75 Å². The van der Waals surface area contributed by atoms with E-state index in [1.165, 1.54) is 11.3 Å². The number of methoxy groups -OCH3 is 1. The maximum Gasteiger partial charge on any atom is 0.271 e. The molecule has 2 heterocycles. The first kappa shape index (κ1) is 16.8. The largest absolute Gasteiger partial charge is 0.497 e. The molecule has 1 fully saturated rings. The van der Waals surface area contributed by atoms with Crippen LogP contribution in [-0.4, -0.2) is 22.6 Å². The standard InChI is InChI=1S/C19H19N3O3S/c1-11-15(18(23)20-9-12-4-3-5-14(8-12)25-2)16-17(26-11)19(24)22(10-21-16)13-6-7-13/h3-5,8,10,13H,6-7,9H2,1-2H3,(H,20,23). The van der Waals surface area contributed by atoms with Crippen molar-refractivity contribution in [1.82, 2.24) is 14.9 Å². The SMILES string of the molecule is COc1cccc(CNC(=O)c2c(C)sc3c(=O)n(C4CC4)cnc23)c1. The molecular formula is C19H19N3O3S. The number of carbonyl (C=O) groups excluding carboxylic acids is 1. The van der Waals surface area contributed by atoms with Crippen molar-refractivity contribution in [2.45, 2.75) is 32.4 Å². The number of rotatable bonds is 5. The van der Waals surface area contributed by atoms with E-state index in [2.05, 4.69) is 10.3 Å². The summed E-state index contributed by atoms with van der Waals surface area (Å²) in [4.78, 5) is 30.6. The first-order valence-electron chi connectivity index (χ1n) is 8.50. The van der Waals surface area contributed by atoms with Crippen molar-refractivity contribution >= 4 is 27.5 Å². The molecule has 1 amide bonds. The van der Waals surface area contributed by atoms with Crippen LogP contribution in [0.3, 0.4) is 0 Å². The van der Waals surface area contributed by atoms with Gasteiger partial charge >= 0.3 is 0 Å². The third kappa shape index (κ3) is 2.99. The summed E-state index contributed by atoms with van der Waals surface area (Å²) in [5, 5.41) is 2.92. The quantitative estimate of drug-likeness (QED) is 0.750. The fraction of sp³-hybridized carbons (Fsp3) is 0.316. The number of hydrogen-bond acceptors (Lipinski definition) is 5. The lowest BCUT2D eigenvalue weighted by atomic mass is 10.2. The number of nitrogens with one attached hydrogen (secondary N) is 1. The molecule has 2 aromatic heterocycles. The van der Waals surface area contributed by atoms with Crippen LogP contribution in [0, 0.1) is 6.92 Å². The Kier molecular flexibility index (Phi) is 4.24. The van der Waals surface area contributed by atoms with Crippen molar-refractivity contribution in [3.05, 3.63) is 57.0 Å². The highest BCUT2D eigenvalue weighted by atomic mass is 32.1. The predicted octanol–water partition coefficient (Wildman–Crippen LogP) is 3.04. The molecule has 3 aromatic rings. The lowest BCUT2D eigenvalue weighted by molar-refractivity contribution is 0.0952. The number of aromatic nitrogens is 2. The lowest BCUT2D eigenvalue weighted by Gasteiger charge is -2.07. The van der Waals surface area contributed by atoms with Gasteiger partial charge < -0.3 is 10.1 Å². The van der Waals surface area contributed by atoms with E-state index in [1.807, 2.05) is 31.2 Å². The van der Waals surface area contributed by atoms with Gasteiger partial charge in [-0.3, -0.25) is 14.2 Å². The first-order valence-corrected chi connectivity index (χ1v) is 9.31. The van der Waals surface area contributed by atoms with Crippen LogP contribution in [0.25, 0.3) is 10.2 Å². The molecule has 1 aromatic carbocycles. The van der Waals surface area contributed by atoms with Crippen LogP contribution >= 0.6 is 11.3 Å². The molecule has 4 rings (SSSR count). The van der Waals surface area contributed by atoms with E-state index in [4.69, 9.17) is 4.74 Å². The molecule has 26 heavy (non-hydrogen) atoms. The second kappa shape index (κ2) is 6.57. The van der Waals surface area contributed by atoms with Gasteiger partial charge in [-0.15, -0.1) is 11.3 Å². The van der Waals surface area contributed by atoms with Crippen LogP contribution in [0.1, 0.15) is 39.7 Å². The fourth-order valence-electron chi connectivity index (χ4n) is 3.02. The Balaban J connectivity index is 1.61. The second-order valence-corrected chi connectivity index (χ2v) is 7.66. The Morgan fingerprint density at radius 1 is 1.42 bits per heavy atom. The molecule has 7 heteroatoms. The molecule has 134 valence electrons. The summed E-state index contributed by atoms with van der Waals surface area (Å²) in [6.45, 7) is 2.24. The Hall–Kier alpha value is -2.67. The molecule has 0 radical (unpaired) electrons. The summed E-state index contributed by atoms with van der Waals surface area (Å²) in [5.74, 6) is 0.531. The molecule has 6 nitrogen and oxygen atoms in total. The number of hydrogen-bond donors (Lipinski definition) is 1. The molecule has 0 atom stereocenters. The average molecular weight is 369 g/mol. The highest BCUT2D eigenvalue weighted by Crippen LogP contribution is 2.34. The maximum atomic E-state index is 12.7. The summed E-state index contributed by atoms with van der Waals surface area (Å²) in [7, 11) is 1.61. The van der Waals surface area contributed by atoms with Crippen molar-refractivity contribution in [1.29, 1.82) is 0 Å². The molecular weight excluding hydrogens is 350 g/mol. The van der Waals surface area contributed by atoms with Gasteiger partial charge in [0.05, 0.1) is 19.0 Å². The average Bonchev–Trinajstić information content (AvgIpc) is 3.42. The minimum absolute atomic E-state index is 0.0440. The predicted molar refractivity (Wildman–Crippen MR) is 101 cm³/mol. The van der Waals surface area contributed by atoms with Gasteiger partial charge in [-0.05, 0) is 37.5 Å². The van der Waals surface area contributed by atoms with E-state index in [-0.39, 0.29) is 17.5 Å². The first-order chi connectivity index (χ1) is 12.6. The number of amides is 1. The Bertz CT molecular complexity index is 1050. The Morgan fingerprint density at radius 2 is 2.23 bits per heavy atom. The number of aryl methyl sites for hydroxylation is 1. The van der Waals surface area contributed by atoms with Gasteiger partial charge in [0.15, 0.2) is 0 Å². The normalized spacial score (nSPS) is 13.8. The fourth-order valence-corrected chi connectivity index (χ4v) is 4.07. The van der Waals surface area contributed by atoms with Gasteiger partial charge in [-0.25, -0.2) is 4.98 Å². The van der Waals surface area contributed by atoms with Crippen LogP contribution in [0.4, 0.5) is 0 Å². The van der Waals surface area contributed by atoms with Crippen LogP contribution in [-0.2, 0) is 6.54 Å². The summed E-state index contributed by atoms with van der Waals surface area (Å²) >= 11 is 1.34. The zero-order valence-electron chi connectivity index (χ0n) is 14.6. The van der Waals surface area contributed by atoms with Crippen molar-refractivity contribution in [2.24, 2.45) is 0 Å². The third-order valence-corrected chi connectivity index (χ3v) is 5.64. The molecule has 0 bridgehead atoms. The lowest BCUT2D eigenvalue weighted by Crippen LogP contribution is -2.24. The summed E-state index contributed by atoms with van der Waals surface area (Å²) in [6.07, 6.45) is 3.62. The molecule has 1 N–H and O–H groups in total. The molecule has 0 spiro atoms. The monoisotopic (exact) mass is 369 g/mol. The van der Waals surface area contributed by atoms with E-state index >= 15 is 0 Å². The summed E-state index contributed by atoms with van der Waals surface area (Å²) in [6, 6.07) is 7.82. The summed E-state index contributed by atoms with van der Waals surface area (Å²) < 4.78 is 7.45. The Morgan fingerprint density at radius 3 is 2.96 bits per heavy atom. The van der Waals surface area contributed by atoms with Crippen molar-refractivity contribution in [3.8, 4) is 5.75 Å². The molecule has 0 unspecified atom stereocenters. The zero-order chi connectivity index (χ0) is 18.3. The highest BCUT2D eigenvalue weighted by Gasteiger charge is 2.27. The number of nitrogens with zero attached hydrogens (tertiary/aromatic N) is 2. The van der Waals surface area contributed by atoms with Crippen LogP contribution < -0.4 is 15.6 Å². The van der Waals surface area contributed by atoms with E-state index < -0.39 is 0 Å². The van der Waals surface area contributed by atoms with Gasteiger partial charge in [-0.2, -0.15) is 0 Å². The van der Waals surface area contributed by atoms with Gasteiger partial charge in [0.1, 0.15) is 16.0 Å². The topological polar surface area (TPSA) is 73.2 Å². The highest BCUT2D eigenvalue weighted by molar-refractivity contribution is 7.19. The second-order valence-electron chi connectivity index (χ2n) is 6.43. The number of benzene rings is 1. The van der Waals surface area contributed by atoms with E-state index in [0.29, 0.717) is 22.3 Å². The van der Waals surface area contributed by atoms with E-state index in [9.17, 15) is 9.59 Å². The number of carbonyl (C=O) groups is 1. The molecule has 1 aliphatic rings. The van der Waals surface area contributed by atoms with Crippen LogP contribution in [0.2, 0.25) is 0 Å². The third-order valence-electron chi connectivity index (χ3n) is 4.55. The number of ether oxygens (including phenoxy) is 1. The molecule has 1 aliphatic carbocycles. The molecule has 0 saturated heterocycles.